The maximum absolute atomic E-state index is 12.3. The summed E-state index contributed by atoms with van der Waals surface area (Å²) < 4.78 is 30.9. The maximum atomic E-state index is 12.3. The quantitative estimate of drug-likeness (QED) is 0.597. The third-order valence-electron chi connectivity index (χ3n) is 4.95. The van der Waals surface area contributed by atoms with Gasteiger partial charge in [0.2, 0.25) is 15.9 Å². The van der Waals surface area contributed by atoms with Crippen LogP contribution >= 0.6 is 0 Å². The summed E-state index contributed by atoms with van der Waals surface area (Å²) in [7, 11) is -3.59. The molecule has 7 nitrogen and oxygen atoms in total. The van der Waals surface area contributed by atoms with Crippen molar-refractivity contribution in [3.05, 3.63) is 24.3 Å². The Bertz CT molecular complexity index is 731. The lowest BCUT2D eigenvalue weighted by atomic mass is 9.99. The van der Waals surface area contributed by atoms with Gasteiger partial charge in [0.05, 0.1) is 18.6 Å². The molecule has 0 bridgehead atoms. The summed E-state index contributed by atoms with van der Waals surface area (Å²) >= 11 is 0. The summed E-state index contributed by atoms with van der Waals surface area (Å²) in [6.07, 6.45) is 4.43. The fraction of sp³-hybridized carbons (Fsp3) is 0.650. The van der Waals surface area contributed by atoms with Crippen molar-refractivity contribution in [3.63, 3.8) is 0 Å². The Morgan fingerprint density at radius 1 is 1.32 bits per heavy atom. The van der Waals surface area contributed by atoms with Crippen LogP contribution in [0, 0.1) is 5.92 Å². The molecule has 1 N–H and O–H groups in total. The van der Waals surface area contributed by atoms with Crippen molar-refractivity contribution in [1.29, 1.82) is 0 Å². The van der Waals surface area contributed by atoms with Gasteiger partial charge in [-0.1, -0.05) is 13.0 Å². The number of nitrogens with one attached hydrogen (secondary N) is 1. The molecule has 1 aliphatic heterocycles. The largest absolute Gasteiger partial charge is 0.494 e. The molecule has 8 heteroatoms. The molecular weight excluding hydrogens is 378 g/mol. The molecule has 1 aliphatic rings. The molecule has 1 heterocycles. The predicted molar refractivity (Wildman–Crippen MR) is 112 cm³/mol. The van der Waals surface area contributed by atoms with Crippen LogP contribution in [0.15, 0.2) is 24.3 Å². The Hall–Kier alpha value is -1.80. The number of likely N-dealkylation sites (tertiary alicyclic amines) is 1. The lowest BCUT2D eigenvalue weighted by Crippen LogP contribution is -2.41. The van der Waals surface area contributed by atoms with Crippen LogP contribution in [0.3, 0.4) is 0 Å². The van der Waals surface area contributed by atoms with E-state index < -0.39 is 10.0 Å². The number of piperidine rings is 1. The number of ether oxygens (including phenoxy) is 1. The second-order valence-electron chi connectivity index (χ2n) is 7.43. The van der Waals surface area contributed by atoms with Gasteiger partial charge in [0, 0.05) is 12.6 Å². The third kappa shape index (κ3) is 7.31. The Morgan fingerprint density at radius 3 is 2.68 bits per heavy atom. The number of carbonyl (C=O) groups excluding carboxylic acids is 1. The highest BCUT2D eigenvalue weighted by atomic mass is 32.2. The highest BCUT2D eigenvalue weighted by molar-refractivity contribution is 7.92. The number of rotatable bonds is 10. The van der Waals surface area contributed by atoms with Gasteiger partial charge in [-0.25, -0.2) is 8.42 Å². The summed E-state index contributed by atoms with van der Waals surface area (Å²) in [6, 6.07) is 6.77. The first-order valence-electron chi connectivity index (χ1n) is 9.99. The monoisotopic (exact) mass is 411 g/mol. The van der Waals surface area contributed by atoms with Gasteiger partial charge in [0.1, 0.15) is 12.3 Å². The van der Waals surface area contributed by atoms with Gasteiger partial charge in [0.25, 0.3) is 0 Å². The second-order valence-corrected chi connectivity index (χ2v) is 9.33. The van der Waals surface area contributed by atoms with Crippen LogP contribution in [0.1, 0.15) is 33.1 Å². The van der Waals surface area contributed by atoms with Gasteiger partial charge in [-0.2, -0.15) is 0 Å². The van der Waals surface area contributed by atoms with E-state index >= 15 is 0 Å². The van der Waals surface area contributed by atoms with E-state index in [9.17, 15) is 13.2 Å². The molecule has 0 spiro atoms. The number of hydrogen-bond donors (Lipinski definition) is 1. The van der Waals surface area contributed by atoms with Crippen molar-refractivity contribution < 1.29 is 17.9 Å². The molecular formula is C20H33N3O4S. The maximum Gasteiger partial charge on any atom is 0.240 e. The Morgan fingerprint density at radius 2 is 2.04 bits per heavy atom. The van der Waals surface area contributed by atoms with E-state index in [1.54, 1.807) is 24.3 Å². The van der Waals surface area contributed by atoms with E-state index in [1.165, 1.54) is 12.8 Å². The first-order valence-corrected chi connectivity index (χ1v) is 11.8. The topological polar surface area (TPSA) is 79.0 Å². The Balaban J connectivity index is 1.85. The van der Waals surface area contributed by atoms with Gasteiger partial charge in [0.15, 0.2) is 0 Å². The van der Waals surface area contributed by atoms with Gasteiger partial charge in [-0.3, -0.25) is 9.10 Å². The molecule has 0 aromatic heterocycles. The van der Waals surface area contributed by atoms with Crippen LogP contribution in [-0.4, -0.2) is 64.8 Å². The second kappa shape index (κ2) is 10.7. The number of benzene rings is 1. The van der Waals surface area contributed by atoms with E-state index in [0.717, 1.165) is 42.5 Å². The van der Waals surface area contributed by atoms with Crippen molar-refractivity contribution in [3.8, 4) is 5.75 Å². The highest BCUT2D eigenvalue weighted by Crippen LogP contribution is 2.23. The van der Waals surface area contributed by atoms with E-state index in [1.807, 2.05) is 6.92 Å². The Kier molecular flexibility index (Phi) is 8.57. The summed E-state index contributed by atoms with van der Waals surface area (Å²) in [5.41, 5.74) is 0.422. The summed E-state index contributed by atoms with van der Waals surface area (Å²) in [4.78, 5) is 14.7. The van der Waals surface area contributed by atoms with Crippen LogP contribution < -0.4 is 14.4 Å². The first kappa shape index (κ1) is 22.5. The van der Waals surface area contributed by atoms with Crippen LogP contribution in [0.2, 0.25) is 0 Å². The average molecular weight is 412 g/mol. The van der Waals surface area contributed by atoms with Crippen LogP contribution in [0.25, 0.3) is 0 Å². The summed E-state index contributed by atoms with van der Waals surface area (Å²) in [6.45, 7) is 8.13. The predicted octanol–water partition coefficient (Wildman–Crippen LogP) is 2.09. The number of hydrogen-bond acceptors (Lipinski definition) is 5. The minimum absolute atomic E-state index is 0.240. The number of nitrogens with zero attached hydrogens (tertiary/aromatic N) is 2. The molecule has 158 valence electrons. The molecule has 1 saturated heterocycles. The normalized spacial score (nSPS) is 16.0. The van der Waals surface area contributed by atoms with Crippen molar-refractivity contribution in [2.75, 3.05) is 49.9 Å². The van der Waals surface area contributed by atoms with Crippen LogP contribution in [0.5, 0.6) is 5.75 Å². The molecule has 0 radical (unpaired) electrons. The molecule has 1 aromatic carbocycles. The SMILES string of the molecule is CCOc1cccc(N(CC(=O)NCCCN2CCC(C)CC2)S(C)(=O)=O)c1. The standard InChI is InChI=1S/C20H33N3O4S/c1-4-27-19-8-5-7-18(15-19)23(28(3,25)26)16-20(24)21-11-6-12-22-13-9-17(2)10-14-22/h5,7-8,15,17H,4,6,9-14,16H2,1-3H3,(H,21,24). The van der Waals surface area contributed by atoms with Crippen molar-refractivity contribution in [2.24, 2.45) is 5.92 Å². The van der Waals surface area contributed by atoms with Gasteiger partial charge >= 0.3 is 0 Å². The zero-order chi connectivity index (χ0) is 20.6. The van der Waals surface area contributed by atoms with E-state index in [0.29, 0.717) is 24.6 Å². The summed E-state index contributed by atoms with van der Waals surface area (Å²) in [5.74, 6) is 1.07. The van der Waals surface area contributed by atoms with Crippen LogP contribution in [-0.2, 0) is 14.8 Å². The molecule has 0 unspecified atom stereocenters. The number of carbonyl (C=O) groups is 1. The lowest BCUT2D eigenvalue weighted by molar-refractivity contribution is -0.119. The average Bonchev–Trinajstić information content (AvgIpc) is 2.64. The Labute approximate surface area is 169 Å². The molecule has 28 heavy (non-hydrogen) atoms. The van der Waals surface area contributed by atoms with Crippen molar-refractivity contribution in [2.45, 2.75) is 33.1 Å². The zero-order valence-corrected chi connectivity index (χ0v) is 18.0. The fourth-order valence-electron chi connectivity index (χ4n) is 3.30. The molecule has 2 rings (SSSR count). The smallest absolute Gasteiger partial charge is 0.240 e. The van der Waals surface area contributed by atoms with E-state index in [2.05, 4.69) is 17.1 Å². The van der Waals surface area contributed by atoms with Gasteiger partial charge < -0.3 is 15.0 Å². The minimum Gasteiger partial charge on any atom is -0.494 e. The van der Waals surface area contributed by atoms with Crippen molar-refractivity contribution >= 4 is 21.6 Å². The molecule has 1 fully saturated rings. The van der Waals surface area contributed by atoms with Crippen LogP contribution in [0.4, 0.5) is 5.69 Å². The number of sulfonamides is 1. The number of anilines is 1. The summed E-state index contributed by atoms with van der Waals surface area (Å²) in [5, 5.41) is 2.84. The molecule has 0 saturated carbocycles. The first-order chi connectivity index (χ1) is 13.3. The lowest BCUT2D eigenvalue weighted by Gasteiger charge is -2.30. The molecule has 0 atom stereocenters. The highest BCUT2D eigenvalue weighted by Gasteiger charge is 2.21. The zero-order valence-electron chi connectivity index (χ0n) is 17.2. The minimum atomic E-state index is -3.59. The molecule has 1 amide bonds. The van der Waals surface area contributed by atoms with E-state index in [-0.39, 0.29) is 12.5 Å². The molecule has 0 aliphatic carbocycles. The van der Waals surface area contributed by atoms with Gasteiger partial charge in [-0.05, 0) is 63.9 Å². The van der Waals surface area contributed by atoms with E-state index in [4.69, 9.17) is 4.74 Å². The fourth-order valence-corrected chi connectivity index (χ4v) is 4.15. The molecule has 1 aromatic rings. The van der Waals surface area contributed by atoms with Gasteiger partial charge in [-0.15, -0.1) is 0 Å². The third-order valence-corrected chi connectivity index (χ3v) is 6.09. The number of amides is 1. The van der Waals surface area contributed by atoms with Crippen molar-refractivity contribution in [1.82, 2.24) is 10.2 Å².